The molecule has 19 heavy (non-hydrogen) atoms. The Kier molecular flexibility index (Phi) is 1.62. The fourth-order valence-electron chi connectivity index (χ4n) is 2.76. The van der Waals surface area contributed by atoms with Gasteiger partial charge in [-0.15, -0.1) is 0 Å². The van der Waals surface area contributed by atoms with E-state index in [0.717, 1.165) is 0 Å². The number of hydrogen-bond acceptors (Lipinski definition) is 4. The van der Waals surface area contributed by atoms with Gasteiger partial charge in [0.15, 0.2) is 0 Å². The van der Waals surface area contributed by atoms with Gasteiger partial charge in [-0.05, 0) is 24.3 Å². The molecule has 0 saturated carbocycles. The predicted octanol–water partition coefficient (Wildman–Crippen LogP) is 1.74. The van der Waals surface area contributed by atoms with Gasteiger partial charge in [0.25, 0.3) is 5.91 Å². The maximum absolute atomic E-state index is 12.1. The van der Waals surface area contributed by atoms with E-state index in [2.05, 4.69) is 4.74 Å². The van der Waals surface area contributed by atoms with Crippen molar-refractivity contribution in [1.29, 1.82) is 0 Å². The topological polar surface area (TPSA) is 63.7 Å². The Bertz CT molecular complexity index is 802. The van der Waals surface area contributed by atoms with Crippen molar-refractivity contribution in [2.24, 2.45) is 0 Å². The Morgan fingerprint density at radius 2 is 1.42 bits per heavy atom. The summed E-state index contributed by atoms with van der Waals surface area (Å²) in [6, 6.07) is 6.44. The SMILES string of the molecule is CN1C(=O)c2ccc3c4c(ccc1c24)C(=O)OC3=O. The molecular weight excluding hydrogens is 246 g/mol. The van der Waals surface area contributed by atoms with E-state index in [1.54, 1.807) is 25.2 Å². The fraction of sp³-hybridized carbons (Fsp3) is 0.0714. The summed E-state index contributed by atoms with van der Waals surface area (Å²) in [4.78, 5) is 37.1. The van der Waals surface area contributed by atoms with Crippen LogP contribution in [0.2, 0.25) is 0 Å². The van der Waals surface area contributed by atoms with Gasteiger partial charge in [0.1, 0.15) is 0 Å². The zero-order valence-corrected chi connectivity index (χ0v) is 9.89. The van der Waals surface area contributed by atoms with E-state index in [1.807, 2.05) is 0 Å². The van der Waals surface area contributed by atoms with Crippen LogP contribution in [0.5, 0.6) is 0 Å². The molecule has 0 radical (unpaired) electrons. The number of carbonyl (C=O) groups is 3. The molecule has 0 atom stereocenters. The number of carbonyl (C=O) groups excluding carboxylic acids is 3. The Labute approximate surface area is 107 Å². The maximum atomic E-state index is 12.1. The lowest BCUT2D eigenvalue weighted by atomic mass is 9.94. The second-order valence-corrected chi connectivity index (χ2v) is 4.58. The number of benzene rings is 2. The number of esters is 2. The molecule has 0 unspecified atom stereocenters. The van der Waals surface area contributed by atoms with Crippen molar-refractivity contribution in [2.45, 2.75) is 0 Å². The molecule has 0 aliphatic carbocycles. The Morgan fingerprint density at radius 3 is 2.11 bits per heavy atom. The number of amides is 1. The highest BCUT2D eigenvalue weighted by atomic mass is 16.6. The third-order valence-electron chi connectivity index (χ3n) is 3.66. The summed E-state index contributed by atoms with van der Waals surface area (Å²) in [6.45, 7) is 0. The number of anilines is 1. The van der Waals surface area contributed by atoms with Gasteiger partial charge in [-0.25, -0.2) is 9.59 Å². The van der Waals surface area contributed by atoms with Crippen molar-refractivity contribution in [1.82, 2.24) is 0 Å². The summed E-state index contributed by atoms with van der Waals surface area (Å²) in [7, 11) is 1.67. The summed E-state index contributed by atoms with van der Waals surface area (Å²) in [5.41, 5.74) is 1.89. The van der Waals surface area contributed by atoms with Crippen LogP contribution >= 0.6 is 0 Å². The van der Waals surface area contributed by atoms with E-state index >= 15 is 0 Å². The smallest absolute Gasteiger partial charge is 0.346 e. The minimum Gasteiger partial charge on any atom is -0.386 e. The first-order valence-electron chi connectivity index (χ1n) is 5.74. The highest BCUT2D eigenvalue weighted by molar-refractivity contribution is 6.31. The highest BCUT2D eigenvalue weighted by Crippen LogP contribution is 2.41. The molecule has 0 bridgehead atoms. The van der Waals surface area contributed by atoms with Gasteiger partial charge in [-0.1, -0.05) is 0 Å². The van der Waals surface area contributed by atoms with Crippen molar-refractivity contribution < 1.29 is 19.1 Å². The second kappa shape index (κ2) is 3.00. The first-order chi connectivity index (χ1) is 9.09. The van der Waals surface area contributed by atoms with Gasteiger partial charge in [-0.3, -0.25) is 4.79 Å². The molecule has 0 aromatic heterocycles. The molecule has 4 rings (SSSR count). The number of nitrogens with zero attached hydrogens (tertiary/aromatic N) is 1. The van der Waals surface area contributed by atoms with Crippen molar-refractivity contribution in [3.63, 3.8) is 0 Å². The minimum absolute atomic E-state index is 0.134. The van der Waals surface area contributed by atoms with E-state index in [4.69, 9.17) is 0 Å². The summed E-state index contributed by atoms with van der Waals surface area (Å²) >= 11 is 0. The van der Waals surface area contributed by atoms with Crippen LogP contribution in [0.3, 0.4) is 0 Å². The molecule has 2 aliphatic heterocycles. The average molecular weight is 253 g/mol. The van der Waals surface area contributed by atoms with Crippen molar-refractivity contribution in [3.8, 4) is 0 Å². The summed E-state index contributed by atoms with van der Waals surface area (Å²) in [5, 5.41) is 1.18. The molecule has 0 spiro atoms. The molecule has 0 N–H and O–H groups in total. The molecule has 0 saturated heterocycles. The number of cyclic esters (lactones) is 2. The molecule has 5 nitrogen and oxygen atoms in total. The third kappa shape index (κ3) is 1.03. The van der Waals surface area contributed by atoms with E-state index < -0.39 is 11.9 Å². The van der Waals surface area contributed by atoms with Crippen LogP contribution in [0.1, 0.15) is 31.1 Å². The van der Waals surface area contributed by atoms with Gasteiger partial charge >= 0.3 is 11.9 Å². The van der Waals surface area contributed by atoms with E-state index in [9.17, 15) is 14.4 Å². The fourth-order valence-corrected chi connectivity index (χ4v) is 2.76. The van der Waals surface area contributed by atoms with Gasteiger partial charge in [0, 0.05) is 23.4 Å². The van der Waals surface area contributed by atoms with Crippen LogP contribution in [-0.2, 0) is 4.74 Å². The molecule has 92 valence electrons. The van der Waals surface area contributed by atoms with Gasteiger partial charge in [0.05, 0.1) is 16.8 Å². The third-order valence-corrected chi connectivity index (χ3v) is 3.66. The van der Waals surface area contributed by atoms with Gasteiger partial charge < -0.3 is 9.64 Å². The normalized spacial score (nSPS) is 16.3. The average Bonchev–Trinajstić information content (AvgIpc) is 2.65. The second-order valence-electron chi connectivity index (χ2n) is 4.58. The largest absolute Gasteiger partial charge is 0.386 e. The lowest BCUT2D eigenvalue weighted by Gasteiger charge is -2.16. The number of hydrogen-bond donors (Lipinski definition) is 0. The molecule has 5 heteroatoms. The maximum Gasteiger partial charge on any atom is 0.346 e. The van der Waals surface area contributed by atoms with Crippen molar-refractivity contribution in [2.75, 3.05) is 11.9 Å². The first-order valence-corrected chi connectivity index (χ1v) is 5.74. The molecule has 2 heterocycles. The van der Waals surface area contributed by atoms with Crippen LogP contribution in [-0.4, -0.2) is 24.9 Å². The quantitative estimate of drug-likeness (QED) is 0.530. The molecule has 2 aromatic carbocycles. The van der Waals surface area contributed by atoms with Crippen molar-refractivity contribution >= 4 is 34.3 Å². The molecule has 0 fully saturated rings. The monoisotopic (exact) mass is 253 g/mol. The molecule has 2 aliphatic rings. The first kappa shape index (κ1) is 10.3. The molecular formula is C14H7NO4. The minimum atomic E-state index is -0.664. The number of ether oxygens (including phenoxy) is 1. The van der Waals surface area contributed by atoms with E-state index in [-0.39, 0.29) is 5.91 Å². The molecule has 1 amide bonds. The summed E-state index contributed by atoms with van der Waals surface area (Å²) < 4.78 is 4.68. The Hall–Kier alpha value is -2.69. The Balaban J connectivity index is 2.28. The van der Waals surface area contributed by atoms with Crippen LogP contribution in [0.25, 0.3) is 10.8 Å². The lowest BCUT2D eigenvalue weighted by Crippen LogP contribution is -2.20. The van der Waals surface area contributed by atoms with Crippen LogP contribution in [0, 0.1) is 0 Å². The summed E-state index contributed by atoms with van der Waals surface area (Å²) in [5.74, 6) is -1.46. The van der Waals surface area contributed by atoms with E-state index in [0.29, 0.717) is 33.2 Å². The standard InChI is InChI=1S/C14H7NO4/c1-15-9-5-4-8-10-7(13(17)19-14(8)18)3-2-6(11(9)10)12(15)16/h2-5H,1H3. The van der Waals surface area contributed by atoms with Crippen molar-refractivity contribution in [3.05, 3.63) is 41.0 Å². The number of rotatable bonds is 0. The highest BCUT2D eigenvalue weighted by Gasteiger charge is 2.35. The predicted molar refractivity (Wildman–Crippen MR) is 66.4 cm³/mol. The zero-order chi connectivity index (χ0) is 13.3. The van der Waals surface area contributed by atoms with Crippen LogP contribution in [0.4, 0.5) is 5.69 Å². The van der Waals surface area contributed by atoms with E-state index in [1.165, 1.54) is 11.0 Å². The lowest BCUT2D eigenvalue weighted by molar-refractivity contribution is 0.0391. The van der Waals surface area contributed by atoms with Crippen LogP contribution < -0.4 is 4.90 Å². The van der Waals surface area contributed by atoms with Crippen LogP contribution in [0.15, 0.2) is 24.3 Å². The van der Waals surface area contributed by atoms with Gasteiger partial charge in [0.2, 0.25) is 0 Å². The molecule has 2 aromatic rings. The zero-order valence-electron chi connectivity index (χ0n) is 9.89. The Morgan fingerprint density at radius 1 is 0.842 bits per heavy atom. The summed E-state index contributed by atoms with van der Waals surface area (Å²) in [6.07, 6.45) is 0. The van der Waals surface area contributed by atoms with Gasteiger partial charge in [-0.2, -0.15) is 0 Å².